The monoisotopic (exact) mass is 108 g/mol. The van der Waals surface area contributed by atoms with E-state index in [4.69, 9.17) is 0 Å². The molecule has 44 valence electrons. The average Bonchev–Trinajstić information content (AvgIpc) is 1.77. The predicted molar refractivity (Wildman–Crippen MR) is 36.6 cm³/mol. The van der Waals surface area contributed by atoms with Gasteiger partial charge >= 0.3 is 0 Å². The molecule has 1 aliphatic carbocycles. The second-order valence-corrected chi connectivity index (χ2v) is 2.49. The molecule has 0 aromatic heterocycles. The zero-order valence-corrected chi connectivity index (χ0v) is 5.46. The van der Waals surface area contributed by atoms with Crippen molar-refractivity contribution in [2.24, 2.45) is 11.8 Å². The van der Waals surface area contributed by atoms with E-state index in [9.17, 15) is 0 Å². The molecule has 0 unspecified atom stereocenters. The summed E-state index contributed by atoms with van der Waals surface area (Å²) in [6.07, 6.45) is 8.96. The summed E-state index contributed by atoms with van der Waals surface area (Å²) < 4.78 is 0. The van der Waals surface area contributed by atoms with E-state index in [0.29, 0.717) is 11.8 Å². The summed E-state index contributed by atoms with van der Waals surface area (Å²) in [4.78, 5) is 0. The summed E-state index contributed by atoms with van der Waals surface area (Å²) in [7, 11) is 0. The van der Waals surface area contributed by atoms with Crippen LogP contribution in [0.4, 0.5) is 0 Å². The van der Waals surface area contributed by atoms with Crippen molar-refractivity contribution in [3.63, 3.8) is 0 Å². The Morgan fingerprint density at radius 1 is 0.750 bits per heavy atom. The lowest BCUT2D eigenvalue weighted by molar-refractivity contribution is 0.827. The minimum Gasteiger partial charge on any atom is -0.0813 e. The van der Waals surface area contributed by atoms with Gasteiger partial charge in [0.2, 0.25) is 0 Å². The highest BCUT2D eigenvalue weighted by Gasteiger charge is 1.98. The maximum Gasteiger partial charge on any atom is -0.00815 e. The van der Waals surface area contributed by atoms with Gasteiger partial charge in [0.1, 0.15) is 0 Å². The Morgan fingerprint density at radius 2 is 1.00 bits per heavy atom. The van der Waals surface area contributed by atoms with Gasteiger partial charge in [-0.15, -0.1) is 0 Å². The second-order valence-electron chi connectivity index (χ2n) is 2.49. The summed E-state index contributed by atoms with van der Waals surface area (Å²) in [5.41, 5.74) is 0. The average molecular weight is 108 g/mol. The molecule has 0 fully saturated rings. The zero-order chi connectivity index (χ0) is 5.98. The Bertz CT molecular complexity index is 92.0. The van der Waals surface area contributed by atoms with E-state index >= 15 is 0 Å². The van der Waals surface area contributed by atoms with E-state index in [2.05, 4.69) is 38.2 Å². The lowest BCUT2D eigenvalue weighted by Gasteiger charge is -2.07. The van der Waals surface area contributed by atoms with Crippen LogP contribution in [0.5, 0.6) is 0 Å². The Balaban J connectivity index is 2.54. The highest BCUT2D eigenvalue weighted by Crippen LogP contribution is 2.12. The summed E-state index contributed by atoms with van der Waals surface area (Å²) >= 11 is 0. The van der Waals surface area contributed by atoms with Crippen molar-refractivity contribution in [2.45, 2.75) is 13.8 Å². The first-order valence-electron chi connectivity index (χ1n) is 3.15. The molecule has 0 atom stereocenters. The summed E-state index contributed by atoms with van der Waals surface area (Å²) in [6, 6.07) is 0. The first-order valence-corrected chi connectivity index (χ1v) is 3.15. The first-order chi connectivity index (χ1) is 3.79. The van der Waals surface area contributed by atoms with Gasteiger partial charge in [-0.25, -0.2) is 0 Å². The van der Waals surface area contributed by atoms with Crippen molar-refractivity contribution in [3.05, 3.63) is 24.3 Å². The largest absolute Gasteiger partial charge is 0.0813 e. The van der Waals surface area contributed by atoms with E-state index in [1.165, 1.54) is 0 Å². The molecule has 0 amide bonds. The SMILES string of the molecule is C[C@H]1C=C[C@@H](C)C=C1. The van der Waals surface area contributed by atoms with E-state index in [0.717, 1.165) is 0 Å². The molecular weight excluding hydrogens is 96.1 g/mol. The fraction of sp³-hybridized carbons (Fsp3) is 0.500. The maximum atomic E-state index is 2.24. The Kier molecular flexibility index (Phi) is 1.52. The van der Waals surface area contributed by atoms with E-state index < -0.39 is 0 Å². The van der Waals surface area contributed by atoms with Crippen LogP contribution in [0, 0.1) is 11.8 Å². The van der Waals surface area contributed by atoms with Crippen LogP contribution in [0.2, 0.25) is 0 Å². The van der Waals surface area contributed by atoms with Gasteiger partial charge in [-0.3, -0.25) is 0 Å². The van der Waals surface area contributed by atoms with Crippen molar-refractivity contribution in [3.8, 4) is 0 Å². The molecule has 0 radical (unpaired) electrons. The Labute approximate surface area is 50.9 Å². The van der Waals surface area contributed by atoms with Crippen molar-refractivity contribution in [2.75, 3.05) is 0 Å². The Morgan fingerprint density at radius 3 is 1.25 bits per heavy atom. The molecule has 0 nitrogen and oxygen atoms in total. The van der Waals surface area contributed by atoms with Crippen LogP contribution in [0.15, 0.2) is 24.3 Å². The van der Waals surface area contributed by atoms with Crippen LogP contribution < -0.4 is 0 Å². The predicted octanol–water partition coefficient (Wildman–Crippen LogP) is 2.38. The summed E-state index contributed by atoms with van der Waals surface area (Å²) in [5, 5.41) is 0. The topological polar surface area (TPSA) is 0 Å². The van der Waals surface area contributed by atoms with Gasteiger partial charge in [-0.05, 0) is 11.8 Å². The molecule has 0 N–H and O–H groups in total. The molecular formula is C8H12. The second kappa shape index (κ2) is 2.17. The van der Waals surface area contributed by atoms with Crippen LogP contribution in [0.1, 0.15) is 13.8 Å². The van der Waals surface area contributed by atoms with Gasteiger partial charge in [0.25, 0.3) is 0 Å². The lowest BCUT2D eigenvalue weighted by Crippen LogP contribution is -1.93. The van der Waals surface area contributed by atoms with Gasteiger partial charge in [0, 0.05) is 0 Å². The smallest absolute Gasteiger partial charge is 0.00815 e. The molecule has 0 aliphatic heterocycles. The number of allylic oxidation sites excluding steroid dienone is 4. The number of rotatable bonds is 0. The van der Waals surface area contributed by atoms with Crippen molar-refractivity contribution in [1.29, 1.82) is 0 Å². The zero-order valence-electron chi connectivity index (χ0n) is 5.46. The van der Waals surface area contributed by atoms with Gasteiger partial charge in [0.15, 0.2) is 0 Å². The molecule has 1 aliphatic rings. The van der Waals surface area contributed by atoms with Gasteiger partial charge in [0.05, 0.1) is 0 Å². The van der Waals surface area contributed by atoms with Gasteiger partial charge in [-0.1, -0.05) is 38.2 Å². The lowest BCUT2D eigenvalue weighted by atomic mass is 9.99. The molecule has 0 heterocycles. The maximum absolute atomic E-state index is 2.24. The third kappa shape index (κ3) is 1.22. The molecule has 0 spiro atoms. The molecule has 0 aromatic carbocycles. The number of hydrogen-bond donors (Lipinski definition) is 0. The molecule has 0 saturated carbocycles. The van der Waals surface area contributed by atoms with Crippen LogP contribution >= 0.6 is 0 Å². The van der Waals surface area contributed by atoms with Crippen molar-refractivity contribution in [1.82, 2.24) is 0 Å². The minimum absolute atomic E-state index is 0.659. The molecule has 0 aromatic rings. The highest BCUT2D eigenvalue weighted by atomic mass is 14.0. The standard InChI is InChI=1S/C8H12/c1-7-3-5-8(2)6-4-7/h3-8H,1-2H3/t7-,8+. The fourth-order valence-corrected chi connectivity index (χ4v) is 0.829. The van der Waals surface area contributed by atoms with Crippen molar-refractivity contribution < 1.29 is 0 Å². The number of hydrogen-bond acceptors (Lipinski definition) is 0. The fourth-order valence-electron chi connectivity index (χ4n) is 0.829. The molecule has 8 heavy (non-hydrogen) atoms. The molecule has 0 bridgehead atoms. The summed E-state index contributed by atoms with van der Waals surface area (Å²) in [5.74, 6) is 1.32. The summed E-state index contributed by atoms with van der Waals surface area (Å²) in [6.45, 7) is 4.39. The quantitative estimate of drug-likeness (QED) is 0.418. The third-order valence-electron chi connectivity index (χ3n) is 1.44. The van der Waals surface area contributed by atoms with Crippen LogP contribution in [-0.4, -0.2) is 0 Å². The van der Waals surface area contributed by atoms with Gasteiger partial charge in [-0.2, -0.15) is 0 Å². The first kappa shape index (κ1) is 5.61. The van der Waals surface area contributed by atoms with Crippen LogP contribution in [0.25, 0.3) is 0 Å². The highest BCUT2D eigenvalue weighted by molar-refractivity contribution is 5.10. The van der Waals surface area contributed by atoms with Crippen LogP contribution in [-0.2, 0) is 0 Å². The van der Waals surface area contributed by atoms with Crippen LogP contribution in [0.3, 0.4) is 0 Å². The molecule has 0 saturated heterocycles. The Hall–Kier alpha value is -0.520. The third-order valence-corrected chi connectivity index (χ3v) is 1.44. The van der Waals surface area contributed by atoms with E-state index in [1.54, 1.807) is 0 Å². The molecule has 1 rings (SSSR count). The van der Waals surface area contributed by atoms with Crippen molar-refractivity contribution >= 4 is 0 Å². The minimum atomic E-state index is 0.659. The van der Waals surface area contributed by atoms with E-state index in [1.807, 2.05) is 0 Å². The normalized spacial score (nSPS) is 35.8. The van der Waals surface area contributed by atoms with Gasteiger partial charge < -0.3 is 0 Å². The van der Waals surface area contributed by atoms with E-state index in [-0.39, 0.29) is 0 Å². The molecule has 0 heteroatoms.